The molecule has 1 atom stereocenters. The predicted molar refractivity (Wildman–Crippen MR) is 87.1 cm³/mol. The van der Waals surface area contributed by atoms with E-state index in [0.29, 0.717) is 0 Å². The van der Waals surface area contributed by atoms with Crippen LogP contribution in [0, 0.1) is 0 Å². The average molecular weight is 300 g/mol. The zero-order chi connectivity index (χ0) is 14.8. The highest BCUT2D eigenvalue weighted by atomic mass is 35.5. The van der Waals surface area contributed by atoms with Gasteiger partial charge in [-0.15, -0.1) is 11.6 Å². The van der Waals surface area contributed by atoms with E-state index >= 15 is 0 Å². The van der Waals surface area contributed by atoms with Crippen molar-refractivity contribution in [2.75, 3.05) is 0 Å². The molecule has 1 aromatic carbocycles. The smallest absolute Gasteiger partial charge is 0.164 e. The van der Waals surface area contributed by atoms with E-state index in [1.165, 1.54) is 5.56 Å². The number of aromatic nitrogens is 3. The van der Waals surface area contributed by atoms with Gasteiger partial charge in [-0.1, -0.05) is 31.5 Å². The Morgan fingerprint density at radius 1 is 1.19 bits per heavy atom. The fraction of sp³-hybridized carbons (Fsp3) is 0.294. The van der Waals surface area contributed by atoms with Crippen LogP contribution in [-0.4, -0.2) is 14.5 Å². The molecule has 0 radical (unpaired) electrons. The number of imidazole rings is 1. The van der Waals surface area contributed by atoms with Gasteiger partial charge < -0.3 is 0 Å². The standard InChI is InChI=1S/C17H18ClN3/c1-3-7-13-8-4-5-10-15(13)21-16(12(2)18)20-14-9-6-11-19-17(14)21/h4-6,8-12H,3,7H2,1-2H3. The van der Waals surface area contributed by atoms with Crippen molar-refractivity contribution in [2.45, 2.75) is 32.1 Å². The highest BCUT2D eigenvalue weighted by Gasteiger charge is 2.18. The molecule has 0 amide bonds. The average Bonchev–Trinajstić information content (AvgIpc) is 2.88. The second-order valence-corrected chi connectivity index (χ2v) is 5.80. The summed E-state index contributed by atoms with van der Waals surface area (Å²) in [7, 11) is 0. The summed E-state index contributed by atoms with van der Waals surface area (Å²) in [4.78, 5) is 9.16. The topological polar surface area (TPSA) is 30.7 Å². The van der Waals surface area contributed by atoms with Crippen molar-refractivity contribution in [1.29, 1.82) is 0 Å². The molecule has 0 saturated carbocycles. The van der Waals surface area contributed by atoms with Crippen molar-refractivity contribution in [3.8, 4) is 5.69 Å². The van der Waals surface area contributed by atoms with E-state index in [9.17, 15) is 0 Å². The van der Waals surface area contributed by atoms with Crippen LogP contribution in [0.1, 0.15) is 37.0 Å². The second kappa shape index (κ2) is 5.86. The van der Waals surface area contributed by atoms with Gasteiger partial charge in [-0.05, 0) is 37.1 Å². The summed E-state index contributed by atoms with van der Waals surface area (Å²) in [5, 5.41) is -0.172. The monoisotopic (exact) mass is 299 g/mol. The number of halogens is 1. The van der Waals surface area contributed by atoms with Gasteiger partial charge in [0.25, 0.3) is 0 Å². The molecule has 4 heteroatoms. The van der Waals surface area contributed by atoms with Crippen LogP contribution >= 0.6 is 11.6 Å². The number of hydrogen-bond acceptors (Lipinski definition) is 2. The summed E-state index contributed by atoms with van der Waals surface area (Å²) in [6.45, 7) is 4.13. The Morgan fingerprint density at radius 2 is 2.00 bits per heavy atom. The normalized spacial score (nSPS) is 12.7. The molecule has 0 saturated heterocycles. The number of nitrogens with zero attached hydrogens (tertiary/aromatic N) is 3. The molecular formula is C17H18ClN3. The maximum Gasteiger partial charge on any atom is 0.164 e. The first-order valence-electron chi connectivity index (χ1n) is 7.28. The molecule has 3 aromatic rings. The van der Waals surface area contributed by atoms with Gasteiger partial charge >= 0.3 is 0 Å². The molecule has 0 N–H and O–H groups in total. The number of fused-ring (bicyclic) bond motifs is 1. The minimum absolute atomic E-state index is 0.172. The summed E-state index contributed by atoms with van der Waals surface area (Å²) >= 11 is 6.35. The molecule has 0 aliphatic rings. The van der Waals surface area contributed by atoms with E-state index in [0.717, 1.165) is 35.5 Å². The number of benzene rings is 1. The fourth-order valence-electron chi connectivity index (χ4n) is 2.64. The minimum Gasteiger partial charge on any atom is -0.279 e. The molecule has 108 valence electrons. The second-order valence-electron chi connectivity index (χ2n) is 5.15. The highest BCUT2D eigenvalue weighted by Crippen LogP contribution is 2.29. The van der Waals surface area contributed by atoms with Gasteiger partial charge in [0.1, 0.15) is 11.3 Å². The molecule has 2 heterocycles. The number of aryl methyl sites for hydroxylation is 1. The molecule has 0 fully saturated rings. The molecule has 21 heavy (non-hydrogen) atoms. The Kier molecular flexibility index (Phi) is 3.93. The van der Waals surface area contributed by atoms with Gasteiger partial charge in [0.2, 0.25) is 0 Å². The van der Waals surface area contributed by atoms with E-state index < -0.39 is 0 Å². The Bertz CT molecular complexity index is 762. The number of hydrogen-bond donors (Lipinski definition) is 0. The lowest BCUT2D eigenvalue weighted by Crippen LogP contribution is -2.05. The molecule has 0 aliphatic carbocycles. The maximum absolute atomic E-state index is 6.35. The third kappa shape index (κ3) is 2.54. The molecule has 2 aromatic heterocycles. The SMILES string of the molecule is CCCc1ccccc1-n1c(C(C)Cl)nc2cccnc21. The first-order valence-corrected chi connectivity index (χ1v) is 7.71. The lowest BCUT2D eigenvalue weighted by atomic mass is 10.1. The minimum atomic E-state index is -0.172. The quantitative estimate of drug-likeness (QED) is 0.655. The molecule has 1 unspecified atom stereocenters. The van der Waals surface area contributed by atoms with Gasteiger partial charge in [0.05, 0.1) is 11.1 Å². The van der Waals surface area contributed by atoms with Crippen LogP contribution in [0.25, 0.3) is 16.9 Å². The van der Waals surface area contributed by atoms with Crippen LogP contribution in [0.4, 0.5) is 0 Å². The van der Waals surface area contributed by atoms with E-state index in [1.54, 1.807) is 6.20 Å². The first kappa shape index (κ1) is 14.1. The van der Waals surface area contributed by atoms with Crippen LogP contribution < -0.4 is 0 Å². The molecular weight excluding hydrogens is 282 g/mol. The summed E-state index contributed by atoms with van der Waals surface area (Å²) in [6.07, 6.45) is 3.92. The van der Waals surface area contributed by atoms with Crippen molar-refractivity contribution >= 4 is 22.8 Å². The van der Waals surface area contributed by atoms with Crippen molar-refractivity contribution < 1.29 is 0 Å². The van der Waals surface area contributed by atoms with E-state index in [2.05, 4.69) is 39.7 Å². The number of alkyl halides is 1. The van der Waals surface area contributed by atoms with Gasteiger partial charge in [-0.3, -0.25) is 4.57 Å². The Balaban J connectivity index is 2.31. The van der Waals surface area contributed by atoms with Gasteiger partial charge in [-0.25, -0.2) is 9.97 Å². The zero-order valence-electron chi connectivity index (χ0n) is 12.3. The number of para-hydroxylation sites is 1. The zero-order valence-corrected chi connectivity index (χ0v) is 13.0. The fourth-order valence-corrected chi connectivity index (χ4v) is 2.79. The molecule has 0 bridgehead atoms. The lowest BCUT2D eigenvalue weighted by Gasteiger charge is -2.14. The maximum atomic E-state index is 6.35. The van der Waals surface area contributed by atoms with Crippen LogP contribution in [0.5, 0.6) is 0 Å². The Hall–Kier alpha value is -1.87. The van der Waals surface area contributed by atoms with E-state index in [1.807, 2.05) is 25.1 Å². The van der Waals surface area contributed by atoms with Crippen LogP contribution in [0.15, 0.2) is 42.6 Å². The van der Waals surface area contributed by atoms with Gasteiger partial charge in [0, 0.05) is 6.20 Å². The van der Waals surface area contributed by atoms with Crippen molar-refractivity contribution in [2.24, 2.45) is 0 Å². The Morgan fingerprint density at radius 3 is 2.76 bits per heavy atom. The van der Waals surface area contributed by atoms with E-state index in [-0.39, 0.29) is 5.38 Å². The van der Waals surface area contributed by atoms with Crippen molar-refractivity contribution in [3.63, 3.8) is 0 Å². The van der Waals surface area contributed by atoms with Crippen molar-refractivity contribution in [3.05, 3.63) is 54.0 Å². The van der Waals surface area contributed by atoms with Crippen LogP contribution in [0.3, 0.4) is 0 Å². The van der Waals surface area contributed by atoms with Gasteiger partial charge in [0.15, 0.2) is 5.65 Å². The summed E-state index contributed by atoms with van der Waals surface area (Å²) in [5.74, 6) is 0.842. The first-order chi connectivity index (χ1) is 10.2. The Labute approximate surface area is 129 Å². The summed E-state index contributed by atoms with van der Waals surface area (Å²) in [5.41, 5.74) is 4.17. The summed E-state index contributed by atoms with van der Waals surface area (Å²) < 4.78 is 2.10. The highest BCUT2D eigenvalue weighted by molar-refractivity contribution is 6.20. The van der Waals surface area contributed by atoms with Gasteiger partial charge in [-0.2, -0.15) is 0 Å². The number of pyridine rings is 1. The predicted octanol–water partition coefficient (Wildman–Crippen LogP) is 4.67. The summed E-state index contributed by atoms with van der Waals surface area (Å²) in [6, 6.07) is 12.3. The molecule has 3 nitrogen and oxygen atoms in total. The molecule has 3 rings (SSSR count). The molecule has 0 aliphatic heterocycles. The largest absolute Gasteiger partial charge is 0.279 e. The molecule has 0 spiro atoms. The van der Waals surface area contributed by atoms with Crippen LogP contribution in [-0.2, 0) is 6.42 Å². The van der Waals surface area contributed by atoms with Crippen LogP contribution in [0.2, 0.25) is 0 Å². The van der Waals surface area contributed by atoms with Crippen molar-refractivity contribution in [1.82, 2.24) is 14.5 Å². The van der Waals surface area contributed by atoms with E-state index in [4.69, 9.17) is 11.6 Å². The lowest BCUT2D eigenvalue weighted by molar-refractivity contribution is 0.850. The third-order valence-electron chi connectivity index (χ3n) is 3.55. The third-order valence-corrected chi connectivity index (χ3v) is 3.74. The number of rotatable bonds is 4.